The lowest BCUT2D eigenvalue weighted by molar-refractivity contribution is 0.315. The minimum absolute atomic E-state index is 0.0575. The fourth-order valence-corrected chi connectivity index (χ4v) is 2.63. The van der Waals surface area contributed by atoms with Crippen LogP contribution in [-0.4, -0.2) is 48.1 Å². The van der Waals surface area contributed by atoms with E-state index >= 15 is 0 Å². The smallest absolute Gasteiger partial charge is 0.133 e. The van der Waals surface area contributed by atoms with Gasteiger partial charge in [0.05, 0.1) is 5.69 Å². The average molecular weight is 290 g/mol. The highest BCUT2D eigenvalue weighted by atomic mass is 15.3. The second kappa shape index (κ2) is 5.91. The van der Waals surface area contributed by atoms with E-state index in [1.54, 1.807) is 0 Å². The van der Waals surface area contributed by atoms with Crippen LogP contribution in [0.4, 0.5) is 5.82 Å². The first-order valence-electron chi connectivity index (χ1n) is 7.99. The highest BCUT2D eigenvalue weighted by molar-refractivity contribution is 5.43. The van der Waals surface area contributed by atoms with Crippen molar-refractivity contribution in [3.8, 4) is 0 Å². The molecule has 1 fully saturated rings. The molecule has 0 spiro atoms. The molecule has 1 atom stereocenters. The van der Waals surface area contributed by atoms with Gasteiger partial charge in [0.1, 0.15) is 11.6 Å². The lowest BCUT2D eigenvalue weighted by Gasteiger charge is -2.25. The van der Waals surface area contributed by atoms with Gasteiger partial charge in [0.25, 0.3) is 0 Å². The summed E-state index contributed by atoms with van der Waals surface area (Å²) < 4.78 is 0. The zero-order valence-electron chi connectivity index (χ0n) is 14.6. The molecule has 0 saturated carbocycles. The van der Waals surface area contributed by atoms with Gasteiger partial charge >= 0.3 is 0 Å². The topological polar surface area (TPSA) is 32.3 Å². The lowest BCUT2D eigenvalue weighted by Crippen LogP contribution is -2.32. The Morgan fingerprint density at radius 1 is 1.24 bits per heavy atom. The maximum atomic E-state index is 4.82. The van der Waals surface area contributed by atoms with Gasteiger partial charge in [-0.3, -0.25) is 0 Å². The summed E-state index contributed by atoms with van der Waals surface area (Å²) in [5, 5.41) is 0. The summed E-state index contributed by atoms with van der Waals surface area (Å²) in [6, 6.07) is 2.81. The summed E-state index contributed by atoms with van der Waals surface area (Å²) >= 11 is 0. The van der Waals surface area contributed by atoms with Gasteiger partial charge in [0, 0.05) is 36.5 Å². The molecule has 0 aromatic carbocycles. The molecular weight excluding hydrogens is 260 g/mol. The molecule has 0 N–H and O–H groups in total. The van der Waals surface area contributed by atoms with Crippen LogP contribution >= 0.6 is 0 Å². The van der Waals surface area contributed by atoms with E-state index in [0.29, 0.717) is 12.0 Å². The van der Waals surface area contributed by atoms with Crippen LogP contribution in [0.15, 0.2) is 6.07 Å². The predicted molar refractivity (Wildman–Crippen MR) is 89.1 cm³/mol. The van der Waals surface area contributed by atoms with Gasteiger partial charge in [-0.25, -0.2) is 9.97 Å². The van der Waals surface area contributed by atoms with Crippen LogP contribution in [0.25, 0.3) is 0 Å². The zero-order valence-corrected chi connectivity index (χ0v) is 14.6. The second-order valence-corrected chi connectivity index (χ2v) is 7.73. The van der Waals surface area contributed by atoms with Gasteiger partial charge in [-0.15, -0.1) is 0 Å². The Bertz CT molecular complexity index is 488. The van der Waals surface area contributed by atoms with E-state index in [9.17, 15) is 0 Å². The van der Waals surface area contributed by atoms with E-state index in [1.807, 2.05) is 0 Å². The second-order valence-electron chi connectivity index (χ2n) is 7.73. The maximum absolute atomic E-state index is 4.82. The van der Waals surface area contributed by atoms with Crippen LogP contribution < -0.4 is 4.90 Å². The first-order valence-corrected chi connectivity index (χ1v) is 7.99. The van der Waals surface area contributed by atoms with Crippen molar-refractivity contribution < 1.29 is 0 Å². The van der Waals surface area contributed by atoms with Crippen molar-refractivity contribution in [3.05, 3.63) is 17.6 Å². The molecule has 1 aromatic heterocycles. The Morgan fingerprint density at radius 3 is 2.38 bits per heavy atom. The fraction of sp³-hybridized carbons (Fsp3) is 0.765. The van der Waals surface area contributed by atoms with Gasteiger partial charge < -0.3 is 9.80 Å². The molecule has 0 amide bonds. The third-order valence-corrected chi connectivity index (χ3v) is 4.23. The van der Waals surface area contributed by atoms with Crippen LogP contribution in [0.3, 0.4) is 0 Å². The molecule has 2 heterocycles. The third-order valence-electron chi connectivity index (χ3n) is 4.23. The van der Waals surface area contributed by atoms with Crippen LogP contribution in [0, 0.1) is 0 Å². The van der Waals surface area contributed by atoms with E-state index in [1.165, 1.54) is 6.42 Å². The minimum atomic E-state index is 0.0575. The number of likely N-dealkylation sites (N-methyl/N-ethyl adjacent to an activating group) is 1. The normalized spacial score (nSPS) is 19.9. The van der Waals surface area contributed by atoms with E-state index in [-0.39, 0.29) is 5.41 Å². The van der Waals surface area contributed by atoms with E-state index in [2.05, 4.69) is 64.6 Å². The molecule has 1 saturated heterocycles. The molecule has 0 aliphatic carbocycles. The first kappa shape index (κ1) is 16.2. The van der Waals surface area contributed by atoms with E-state index in [0.717, 1.165) is 30.4 Å². The first-order chi connectivity index (χ1) is 9.68. The molecule has 1 aromatic rings. The van der Waals surface area contributed by atoms with Crippen molar-refractivity contribution in [3.63, 3.8) is 0 Å². The van der Waals surface area contributed by atoms with Crippen LogP contribution in [0.2, 0.25) is 0 Å². The van der Waals surface area contributed by atoms with Crippen molar-refractivity contribution in [1.29, 1.82) is 0 Å². The molecule has 1 aliphatic heterocycles. The number of anilines is 1. The van der Waals surface area contributed by atoms with Gasteiger partial charge in [0.15, 0.2) is 0 Å². The van der Waals surface area contributed by atoms with Gasteiger partial charge in [-0.2, -0.15) is 0 Å². The summed E-state index contributed by atoms with van der Waals surface area (Å²) in [4.78, 5) is 14.3. The average Bonchev–Trinajstić information content (AvgIpc) is 2.86. The largest absolute Gasteiger partial charge is 0.355 e. The molecular formula is C17H30N4. The van der Waals surface area contributed by atoms with Crippen molar-refractivity contribution in [1.82, 2.24) is 14.9 Å². The SMILES string of the molecule is CC(C)c1nc(N2CCC(N(C)C)C2)cc(C(C)(C)C)n1. The molecule has 118 valence electrons. The van der Waals surface area contributed by atoms with Crippen molar-refractivity contribution in [2.75, 3.05) is 32.1 Å². The number of hydrogen-bond donors (Lipinski definition) is 0. The van der Waals surface area contributed by atoms with Crippen LogP contribution in [0.1, 0.15) is 58.5 Å². The molecule has 2 rings (SSSR count). The summed E-state index contributed by atoms with van der Waals surface area (Å²) in [5.41, 5.74) is 1.20. The molecule has 0 bridgehead atoms. The molecule has 4 heteroatoms. The molecule has 21 heavy (non-hydrogen) atoms. The van der Waals surface area contributed by atoms with Crippen molar-refractivity contribution in [2.24, 2.45) is 0 Å². The lowest BCUT2D eigenvalue weighted by atomic mass is 9.91. The van der Waals surface area contributed by atoms with Gasteiger partial charge in [-0.1, -0.05) is 34.6 Å². The standard InChI is InChI=1S/C17H30N4/c1-12(2)16-18-14(17(3,4)5)10-15(19-16)21-9-8-13(11-21)20(6)7/h10,12-13H,8-9,11H2,1-7H3. The van der Waals surface area contributed by atoms with E-state index in [4.69, 9.17) is 9.97 Å². The Balaban J connectivity index is 2.33. The van der Waals surface area contributed by atoms with Gasteiger partial charge in [-0.05, 0) is 20.5 Å². The van der Waals surface area contributed by atoms with Crippen molar-refractivity contribution in [2.45, 2.75) is 58.4 Å². The van der Waals surface area contributed by atoms with Crippen LogP contribution in [0.5, 0.6) is 0 Å². The molecule has 0 radical (unpaired) electrons. The zero-order chi connectivity index (χ0) is 15.8. The Labute approximate surface area is 129 Å². The van der Waals surface area contributed by atoms with E-state index < -0.39 is 0 Å². The Kier molecular flexibility index (Phi) is 4.57. The molecule has 4 nitrogen and oxygen atoms in total. The summed E-state index contributed by atoms with van der Waals surface area (Å²) in [5.74, 6) is 2.42. The number of hydrogen-bond acceptors (Lipinski definition) is 4. The number of rotatable bonds is 3. The van der Waals surface area contributed by atoms with Gasteiger partial charge in [0.2, 0.25) is 0 Å². The molecule has 1 aliphatic rings. The highest BCUT2D eigenvalue weighted by Gasteiger charge is 2.27. The maximum Gasteiger partial charge on any atom is 0.133 e. The minimum Gasteiger partial charge on any atom is -0.355 e. The summed E-state index contributed by atoms with van der Waals surface area (Å²) in [7, 11) is 4.32. The highest BCUT2D eigenvalue weighted by Crippen LogP contribution is 2.28. The Hall–Kier alpha value is -1.16. The third kappa shape index (κ3) is 3.73. The quantitative estimate of drug-likeness (QED) is 0.856. The number of aromatic nitrogens is 2. The van der Waals surface area contributed by atoms with Crippen molar-refractivity contribution >= 4 is 5.82 Å². The summed E-state index contributed by atoms with van der Waals surface area (Å²) in [6.07, 6.45) is 1.21. The molecule has 1 unspecified atom stereocenters. The number of nitrogens with zero attached hydrogens (tertiary/aromatic N) is 4. The predicted octanol–water partition coefficient (Wildman–Crippen LogP) is 3.04. The summed E-state index contributed by atoms with van der Waals surface area (Å²) in [6.45, 7) is 13.1. The fourth-order valence-electron chi connectivity index (χ4n) is 2.63. The monoisotopic (exact) mass is 290 g/mol. The van der Waals surface area contributed by atoms with Crippen LogP contribution in [-0.2, 0) is 5.41 Å². The Morgan fingerprint density at radius 2 is 1.90 bits per heavy atom.